The molecule has 92 valence electrons. The number of rotatable bonds is 1. The fourth-order valence-corrected chi connectivity index (χ4v) is 1.61. The van der Waals surface area contributed by atoms with Gasteiger partial charge in [-0.1, -0.05) is 12.1 Å². The maximum Gasteiger partial charge on any atom is 0.177 e. The van der Waals surface area contributed by atoms with Crippen molar-refractivity contribution in [2.75, 3.05) is 11.5 Å². The van der Waals surface area contributed by atoms with Gasteiger partial charge in [-0.2, -0.15) is 5.10 Å². The number of halogens is 1. The normalized spacial score (nSPS) is 10.2. The van der Waals surface area contributed by atoms with E-state index in [0.717, 1.165) is 11.3 Å². The molecule has 18 heavy (non-hydrogen) atoms. The molecule has 5 N–H and O–H groups in total. The van der Waals surface area contributed by atoms with Crippen LogP contribution in [-0.2, 0) is 0 Å². The van der Waals surface area contributed by atoms with Gasteiger partial charge in [0.1, 0.15) is 0 Å². The van der Waals surface area contributed by atoms with Crippen molar-refractivity contribution < 1.29 is 0 Å². The first-order valence-electron chi connectivity index (χ1n) is 5.06. The summed E-state index contributed by atoms with van der Waals surface area (Å²) in [6, 6.07) is 7.43. The number of aromatic amines is 1. The third-order valence-corrected chi connectivity index (χ3v) is 2.50. The van der Waals surface area contributed by atoms with Crippen LogP contribution in [0.15, 0.2) is 30.5 Å². The molecule has 3 aromatic rings. The maximum atomic E-state index is 5.63. The van der Waals surface area contributed by atoms with Gasteiger partial charge >= 0.3 is 0 Å². The molecule has 0 amide bonds. The second-order valence-corrected chi connectivity index (χ2v) is 3.68. The Bertz CT molecular complexity index is 676. The maximum absolute atomic E-state index is 5.63. The van der Waals surface area contributed by atoms with Crippen molar-refractivity contribution >= 4 is 35.1 Å². The molecule has 0 saturated heterocycles. The highest BCUT2D eigenvalue weighted by Gasteiger charge is 2.07. The van der Waals surface area contributed by atoms with E-state index < -0.39 is 0 Å². The molecule has 0 atom stereocenters. The quantitative estimate of drug-likeness (QED) is 0.578. The van der Waals surface area contributed by atoms with Gasteiger partial charge in [0.05, 0.1) is 11.9 Å². The molecule has 0 unspecified atom stereocenters. The molecule has 0 aliphatic heterocycles. The lowest BCUT2D eigenvalue weighted by Gasteiger charge is -2.00. The summed E-state index contributed by atoms with van der Waals surface area (Å²) in [5, 5.41) is 6.59. The van der Waals surface area contributed by atoms with E-state index in [1.807, 2.05) is 24.3 Å². The zero-order chi connectivity index (χ0) is 11.8. The van der Waals surface area contributed by atoms with Gasteiger partial charge in [-0.05, 0) is 12.1 Å². The average molecular weight is 263 g/mol. The van der Waals surface area contributed by atoms with Crippen molar-refractivity contribution in [3.8, 4) is 11.3 Å². The van der Waals surface area contributed by atoms with Crippen molar-refractivity contribution in [3.63, 3.8) is 0 Å². The van der Waals surface area contributed by atoms with Crippen LogP contribution < -0.4 is 11.5 Å². The smallest absolute Gasteiger partial charge is 0.177 e. The fraction of sp³-hybridized carbons (Fsp3) is 0. The van der Waals surface area contributed by atoms with Crippen molar-refractivity contribution in [1.29, 1.82) is 0 Å². The summed E-state index contributed by atoms with van der Waals surface area (Å²) in [7, 11) is 0. The van der Waals surface area contributed by atoms with E-state index in [9.17, 15) is 0 Å². The number of anilines is 2. The molecule has 0 spiro atoms. The zero-order valence-corrected chi connectivity index (χ0v) is 10.1. The lowest BCUT2D eigenvalue weighted by atomic mass is 10.1. The van der Waals surface area contributed by atoms with Gasteiger partial charge < -0.3 is 11.5 Å². The van der Waals surface area contributed by atoms with Crippen LogP contribution in [0.3, 0.4) is 0 Å². The lowest BCUT2D eigenvalue weighted by molar-refractivity contribution is 1.10. The van der Waals surface area contributed by atoms with Crippen molar-refractivity contribution in [3.05, 3.63) is 30.5 Å². The number of hydrogen-bond donors (Lipinski definition) is 3. The SMILES string of the molecule is Cl.Nc1ccc(-c2cnc3c(N)n[nH]c3n2)cc1. The minimum absolute atomic E-state index is 0. The summed E-state index contributed by atoms with van der Waals surface area (Å²) >= 11 is 0. The highest BCUT2D eigenvalue weighted by atomic mass is 35.5. The van der Waals surface area contributed by atoms with Gasteiger partial charge in [-0.3, -0.25) is 5.10 Å². The molecule has 0 aliphatic rings. The van der Waals surface area contributed by atoms with Crippen LogP contribution in [0.4, 0.5) is 11.5 Å². The molecule has 3 rings (SSSR count). The topological polar surface area (TPSA) is 106 Å². The number of nitrogens with zero attached hydrogens (tertiary/aromatic N) is 3. The first-order valence-corrected chi connectivity index (χ1v) is 5.06. The molecule has 2 aromatic heterocycles. The molecular weight excluding hydrogens is 252 g/mol. The minimum Gasteiger partial charge on any atom is -0.399 e. The molecule has 0 radical (unpaired) electrons. The summed E-state index contributed by atoms with van der Waals surface area (Å²) in [5.41, 5.74) is 14.8. The number of nitrogens with two attached hydrogens (primary N) is 2. The predicted molar refractivity (Wildman–Crippen MR) is 73.2 cm³/mol. The average Bonchev–Trinajstić information content (AvgIpc) is 2.72. The number of benzene rings is 1. The second kappa shape index (κ2) is 4.50. The monoisotopic (exact) mass is 262 g/mol. The molecule has 0 aliphatic carbocycles. The van der Waals surface area contributed by atoms with Crippen LogP contribution >= 0.6 is 12.4 Å². The zero-order valence-electron chi connectivity index (χ0n) is 9.29. The van der Waals surface area contributed by atoms with Gasteiger partial charge in [0.25, 0.3) is 0 Å². The molecule has 0 fully saturated rings. The molecular formula is C11H11ClN6. The van der Waals surface area contributed by atoms with Gasteiger partial charge in [-0.25, -0.2) is 9.97 Å². The third-order valence-electron chi connectivity index (χ3n) is 2.50. The first kappa shape index (κ1) is 12.1. The number of nitrogens with one attached hydrogen (secondary N) is 1. The van der Waals surface area contributed by atoms with Crippen LogP contribution in [0, 0.1) is 0 Å². The number of fused-ring (bicyclic) bond motifs is 1. The minimum atomic E-state index is 0. The van der Waals surface area contributed by atoms with Crippen LogP contribution in [0.2, 0.25) is 0 Å². The Balaban J connectivity index is 0.00000120. The van der Waals surface area contributed by atoms with Crippen LogP contribution in [0.1, 0.15) is 0 Å². The van der Waals surface area contributed by atoms with E-state index in [0.29, 0.717) is 22.7 Å². The summed E-state index contributed by atoms with van der Waals surface area (Å²) in [6.45, 7) is 0. The second-order valence-electron chi connectivity index (χ2n) is 3.68. The number of hydrogen-bond acceptors (Lipinski definition) is 5. The van der Waals surface area contributed by atoms with E-state index >= 15 is 0 Å². The summed E-state index contributed by atoms with van der Waals surface area (Å²) in [6.07, 6.45) is 1.67. The summed E-state index contributed by atoms with van der Waals surface area (Å²) in [4.78, 5) is 8.62. The first-order chi connectivity index (χ1) is 8.24. The molecule has 1 aromatic carbocycles. The van der Waals surface area contributed by atoms with Crippen LogP contribution in [0.25, 0.3) is 22.4 Å². The van der Waals surface area contributed by atoms with E-state index in [1.54, 1.807) is 6.20 Å². The fourth-order valence-electron chi connectivity index (χ4n) is 1.61. The number of nitrogen functional groups attached to an aromatic ring is 2. The van der Waals surface area contributed by atoms with Gasteiger partial charge in [0.2, 0.25) is 0 Å². The largest absolute Gasteiger partial charge is 0.399 e. The number of aromatic nitrogens is 4. The standard InChI is InChI=1S/C11H10N6.ClH/c12-7-3-1-6(2-4-7)8-5-14-9-10(13)16-17-11(9)15-8;/h1-5H,12H2,(H3,13,15,16,17);1H. The Kier molecular flexibility index (Phi) is 3.03. The van der Waals surface area contributed by atoms with E-state index in [2.05, 4.69) is 20.2 Å². The van der Waals surface area contributed by atoms with Gasteiger partial charge in [-0.15, -0.1) is 12.4 Å². The van der Waals surface area contributed by atoms with Crippen molar-refractivity contribution in [2.24, 2.45) is 0 Å². The van der Waals surface area contributed by atoms with Crippen LogP contribution in [-0.4, -0.2) is 20.2 Å². The molecule has 2 heterocycles. The molecule has 0 saturated carbocycles. The number of H-pyrrole nitrogens is 1. The Morgan fingerprint density at radius 2 is 1.78 bits per heavy atom. The van der Waals surface area contributed by atoms with Gasteiger partial charge in [0.15, 0.2) is 17.0 Å². The van der Waals surface area contributed by atoms with Crippen molar-refractivity contribution in [2.45, 2.75) is 0 Å². The molecule has 0 bridgehead atoms. The van der Waals surface area contributed by atoms with E-state index in [-0.39, 0.29) is 12.4 Å². The summed E-state index contributed by atoms with van der Waals surface area (Å²) < 4.78 is 0. The lowest BCUT2D eigenvalue weighted by Crippen LogP contribution is -1.90. The molecule has 6 nitrogen and oxygen atoms in total. The summed E-state index contributed by atoms with van der Waals surface area (Å²) in [5.74, 6) is 0.358. The molecule has 7 heteroatoms. The Hall–Kier alpha value is -2.34. The Morgan fingerprint density at radius 3 is 2.50 bits per heavy atom. The van der Waals surface area contributed by atoms with Crippen LogP contribution in [0.5, 0.6) is 0 Å². The Labute approximate surface area is 109 Å². The Morgan fingerprint density at radius 1 is 1.06 bits per heavy atom. The van der Waals surface area contributed by atoms with Crippen molar-refractivity contribution in [1.82, 2.24) is 20.2 Å². The van der Waals surface area contributed by atoms with E-state index in [4.69, 9.17) is 11.5 Å². The van der Waals surface area contributed by atoms with Gasteiger partial charge in [0, 0.05) is 11.3 Å². The predicted octanol–water partition coefficient (Wildman–Crippen LogP) is 1.61. The van der Waals surface area contributed by atoms with E-state index in [1.165, 1.54) is 0 Å². The highest BCUT2D eigenvalue weighted by Crippen LogP contribution is 2.20. The third kappa shape index (κ3) is 1.93. The highest BCUT2D eigenvalue weighted by molar-refractivity contribution is 5.85.